The van der Waals surface area contributed by atoms with Gasteiger partial charge in [-0.15, -0.1) is 0 Å². The topological polar surface area (TPSA) is 54.5 Å². The Balaban J connectivity index is 1.78. The van der Waals surface area contributed by atoms with Gasteiger partial charge in [0.25, 0.3) is 0 Å². The molecule has 0 radical (unpaired) electrons. The van der Waals surface area contributed by atoms with E-state index in [4.69, 9.17) is 0 Å². The molecular formula is C19H27NO3S. The first-order valence-electron chi connectivity index (χ1n) is 8.69. The van der Waals surface area contributed by atoms with E-state index in [2.05, 4.69) is 20.8 Å². The molecule has 1 aliphatic carbocycles. The Morgan fingerprint density at radius 2 is 1.75 bits per heavy atom. The van der Waals surface area contributed by atoms with Gasteiger partial charge in [-0.2, -0.15) is 0 Å². The zero-order valence-electron chi connectivity index (χ0n) is 14.8. The van der Waals surface area contributed by atoms with Crippen molar-refractivity contribution in [1.82, 2.24) is 0 Å². The summed E-state index contributed by atoms with van der Waals surface area (Å²) in [6.45, 7) is 7.06. The van der Waals surface area contributed by atoms with Crippen molar-refractivity contribution in [3.8, 4) is 0 Å². The summed E-state index contributed by atoms with van der Waals surface area (Å²) >= 11 is 0. The molecule has 0 N–H and O–H groups in total. The number of benzene rings is 1. The maximum atomic E-state index is 13.2. The zero-order chi connectivity index (χ0) is 17.6. The van der Waals surface area contributed by atoms with Crippen LogP contribution in [0.25, 0.3) is 0 Å². The Kier molecular flexibility index (Phi) is 4.27. The summed E-state index contributed by atoms with van der Waals surface area (Å²) in [6.07, 6.45) is 2.13. The van der Waals surface area contributed by atoms with Crippen LogP contribution in [0.4, 0.5) is 5.69 Å². The van der Waals surface area contributed by atoms with Crippen molar-refractivity contribution >= 4 is 21.4 Å². The summed E-state index contributed by atoms with van der Waals surface area (Å²) in [5.74, 6) is 0.619. The van der Waals surface area contributed by atoms with E-state index < -0.39 is 9.84 Å². The summed E-state index contributed by atoms with van der Waals surface area (Å²) in [5, 5.41) is 0. The number of carbonyl (C=O) groups excluding carboxylic acids is 1. The lowest BCUT2D eigenvalue weighted by Crippen LogP contribution is -2.40. The summed E-state index contributed by atoms with van der Waals surface area (Å²) in [6, 6.07) is 9.81. The Morgan fingerprint density at radius 1 is 1.17 bits per heavy atom. The fraction of sp³-hybridized carbons (Fsp3) is 0.632. The minimum atomic E-state index is -2.89. The van der Waals surface area contributed by atoms with Crippen LogP contribution in [0.3, 0.4) is 0 Å². The highest BCUT2D eigenvalue weighted by molar-refractivity contribution is 7.91. The molecule has 2 aliphatic rings. The largest absolute Gasteiger partial charge is 0.312 e. The van der Waals surface area contributed by atoms with Crippen molar-refractivity contribution < 1.29 is 13.2 Å². The van der Waals surface area contributed by atoms with Gasteiger partial charge in [0.2, 0.25) is 5.91 Å². The van der Waals surface area contributed by atoms with Crippen molar-refractivity contribution in [2.75, 3.05) is 23.0 Å². The minimum absolute atomic E-state index is 0.00343. The monoisotopic (exact) mass is 349 g/mol. The minimum Gasteiger partial charge on any atom is -0.312 e. The van der Waals surface area contributed by atoms with Crippen molar-refractivity contribution in [2.45, 2.75) is 40.0 Å². The van der Waals surface area contributed by atoms with E-state index in [1.807, 2.05) is 35.2 Å². The van der Waals surface area contributed by atoms with Gasteiger partial charge in [0.15, 0.2) is 0 Å². The summed E-state index contributed by atoms with van der Waals surface area (Å²) in [5.41, 5.74) is 0.874. The molecule has 1 spiro atoms. The maximum absolute atomic E-state index is 13.2. The Bertz CT molecular complexity index is 705. The molecule has 2 fully saturated rings. The number of carbonyl (C=O) groups is 1. The second-order valence-electron chi connectivity index (χ2n) is 8.59. The first kappa shape index (κ1) is 17.5. The van der Waals surface area contributed by atoms with E-state index in [9.17, 15) is 13.2 Å². The molecule has 132 valence electrons. The van der Waals surface area contributed by atoms with Gasteiger partial charge in [0.05, 0.1) is 11.5 Å². The van der Waals surface area contributed by atoms with Crippen molar-refractivity contribution in [3.63, 3.8) is 0 Å². The molecule has 1 saturated carbocycles. The van der Waals surface area contributed by atoms with Gasteiger partial charge in [0.1, 0.15) is 9.84 Å². The number of hydrogen-bond donors (Lipinski definition) is 0. The summed E-state index contributed by atoms with van der Waals surface area (Å²) in [4.78, 5) is 15.1. The number of para-hydroxylation sites is 1. The van der Waals surface area contributed by atoms with Gasteiger partial charge in [-0.25, -0.2) is 8.42 Å². The van der Waals surface area contributed by atoms with Crippen molar-refractivity contribution in [2.24, 2.45) is 16.7 Å². The van der Waals surface area contributed by atoms with E-state index >= 15 is 0 Å². The molecule has 3 rings (SSSR count). The Hall–Kier alpha value is -1.36. The van der Waals surface area contributed by atoms with Gasteiger partial charge in [-0.05, 0) is 42.2 Å². The highest BCUT2D eigenvalue weighted by atomic mass is 32.2. The fourth-order valence-corrected chi connectivity index (χ4v) is 5.40. The molecule has 1 aromatic carbocycles. The van der Waals surface area contributed by atoms with Gasteiger partial charge in [0, 0.05) is 18.2 Å². The molecular weight excluding hydrogens is 322 g/mol. The van der Waals surface area contributed by atoms with Crippen molar-refractivity contribution in [3.05, 3.63) is 30.3 Å². The third-order valence-corrected chi connectivity index (χ3v) is 6.93. The third-order valence-electron chi connectivity index (χ3n) is 5.28. The summed E-state index contributed by atoms with van der Waals surface area (Å²) in [7, 11) is -2.89. The van der Waals surface area contributed by atoms with Gasteiger partial charge < -0.3 is 4.90 Å². The Labute approximate surface area is 145 Å². The zero-order valence-corrected chi connectivity index (χ0v) is 15.6. The van der Waals surface area contributed by atoms with E-state index in [1.54, 1.807) is 0 Å². The van der Waals surface area contributed by atoms with Crippen LogP contribution < -0.4 is 4.90 Å². The predicted molar refractivity (Wildman–Crippen MR) is 96.7 cm³/mol. The first-order valence-corrected chi connectivity index (χ1v) is 10.5. The number of amides is 1. The fourth-order valence-electron chi connectivity index (χ4n) is 3.76. The van der Waals surface area contributed by atoms with Crippen LogP contribution in [0.15, 0.2) is 30.3 Å². The van der Waals surface area contributed by atoms with Crippen LogP contribution in [-0.2, 0) is 14.6 Å². The molecule has 0 unspecified atom stereocenters. The molecule has 0 bridgehead atoms. The van der Waals surface area contributed by atoms with Gasteiger partial charge in [-0.1, -0.05) is 39.0 Å². The normalized spacial score (nSPS) is 24.5. The second-order valence-corrected chi connectivity index (χ2v) is 10.9. The molecule has 24 heavy (non-hydrogen) atoms. The molecule has 4 nitrogen and oxygen atoms in total. The number of hydrogen-bond acceptors (Lipinski definition) is 3. The molecule has 1 amide bonds. The van der Waals surface area contributed by atoms with Gasteiger partial charge >= 0.3 is 0 Å². The number of nitrogens with zero attached hydrogens (tertiary/aromatic N) is 1. The average molecular weight is 349 g/mol. The molecule has 1 aliphatic heterocycles. The maximum Gasteiger partial charge on any atom is 0.230 e. The van der Waals surface area contributed by atoms with E-state index in [0.29, 0.717) is 19.4 Å². The quantitative estimate of drug-likeness (QED) is 0.841. The number of anilines is 1. The molecule has 5 heteroatoms. The lowest BCUT2D eigenvalue weighted by Gasteiger charge is -2.31. The molecule has 1 saturated heterocycles. The third kappa shape index (κ3) is 3.66. The molecule has 1 aromatic rings. The standard InChI is InChI=1S/C19H27NO3S/c1-18(2,3)14-20(15-7-5-4-6-8-15)17(21)16-13-19(16)9-11-24(22,23)12-10-19/h4-8,16H,9-14H2,1-3H3/t16-/m1/s1. The Morgan fingerprint density at radius 3 is 2.29 bits per heavy atom. The summed E-state index contributed by atoms with van der Waals surface area (Å²) < 4.78 is 23.4. The highest BCUT2D eigenvalue weighted by Crippen LogP contribution is 2.60. The van der Waals surface area contributed by atoms with Crippen molar-refractivity contribution in [1.29, 1.82) is 0 Å². The van der Waals surface area contributed by atoms with Crippen LogP contribution in [0.2, 0.25) is 0 Å². The predicted octanol–water partition coefficient (Wildman–Crippen LogP) is 3.28. The van der Waals surface area contributed by atoms with E-state index in [1.165, 1.54) is 0 Å². The second kappa shape index (κ2) is 5.87. The molecule has 1 atom stereocenters. The lowest BCUT2D eigenvalue weighted by atomic mass is 9.93. The lowest BCUT2D eigenvalue weighted by molar-refractivity contribution is -0.121. The molecule has 0 aromatic heterocycles. The SMILES string of the molecule is CC(C)(C)CN(C(=O)[C@H]1CC12CCS(=O)(=O)CC2)c1ccccc1. The van der Waals surface area contributed by atoms with Crippen LogP contribution in [0, 0.1) is 16.7 Å². The van der Waals surface area contributed by atoms with Crippen LogP contribution in [0.1, 0.15) is 40.0 Å². The van der Waals surface area contributed by atoms with Crippen LogP contribution in [0.5, 0.6) is 0 Å². The van der Waals surface area contributed by atoms with Gasteiger partial charge in [-0.3, -0.25) is 4.79 Å². The number of sulfone groups is 1. The smallest absolute Gasteiger partial charge is 0.230 e. The molecule has 1 heterocycles. The first-order chi connectivity index (χ1) is 11.1. The van der Waals surface area contributed by atoms with Crippen LogP contribution in [-0.4, -0.2) is 32.4 Å². The van der Waals surface area contributed by atoms with Crippen LogP contribution >= 0.6 is 0 Å². The van der Waals surface area contributed by atoms with E-state index in [-0.39, 0.29) is 34.2 Å². The average Bonchev–Trinajstić information content (AvgIpc) is 3.22. The highest BCUT2D eigenvalue weighted by Gasteiger charge is 2.60. The van der Waals surface area contributed by atoms with E-state index in [0.717, 1.165) is 12.1 Å². The number of rotatable bonds is 3.